The fraction of sp³-hybridized carbons (Fsp3) is 0.280. The normalized spacial score (nSPS) is 15.9. The van der Waals surface area contributed by atoms with Crippen molar-refractivity contribution in [3.63, 3.8) is 0 Å². The van der Waals surface area contributed by atoms with Gasteiger partial charge in [0.05, 0.1) is 5.56 Å². The molecule has 1 nitrogen and oxygen atoms in total. The van der Waals surface area contributed by atoms with Crippen LogP contribution in [0.25, 0.3) is 11.1 Å². The SMILES string of the molecule is CCc1cc(F)c(C2CCc3c(F)c(-c4ccc(OC(F)(F)F)cc4)c(F)c(F)c3C2)c(F)c1. The summed E-state index contributed by atoms with van der Waals surface area (Å²) < 4.78 is 115. The number of fused-ring (bicyclic) bond motifs is 1. The van der Waals surface area contributed by atoms with Gasteiger partial charge in [0, 0.05) is 5.56 Å². The van der Waals surface area contributed by atoms with Crippen LogP contribution in [-0.2, 0) is 19.3 Å². The molecule has 1 atom stereocenters. The highest BCUT2D eigenvalue weighted by Gasteiger charge is 2.34. The van der Waals surface area contributed by atoms with Crippen LogP contribution >= 0.6 is 0 Å². The number of halogens is 8. The second-order valence-corrected chi connectivity index (χ2v) is 8.11. The second kappa shape index (κ2) is 8.92. The molecule has 0 heterocycles. The van der Waals surface area contributed by atoms with Gasteiger partial charge in [-0.1, -0.05) is 19.1 Å². The topological polar surface area (TPSA) is 9.23 Å². The molecule has 0 N–H and O–H groups in total. The molecule has 1 aliphatic carbocycles. The molecule has 0 aromatic heterocycles. The molecule has 0 saturated heterocycles. The van der Waals surface area contributed by atoms with Crippen LogP contribution in [0.4, 0.5) is 35.1 Å². The van der Waals surface area contributed by atoms with Crippen LogP contribution in [0.15, 0.2) is 36.4 Å². The molecule has 9 heteroatoms. The van der Waals surface area contributed by atoms with E-state index in [1.54, 1.807) is 6.92 Å². The van der Waals surface area contributed by atoms with Crippen molar-refractivity contribution in [3.8, 4) is 16.9 Å². The minimum Gasteiger partial charge on any atom is -0.406 e. The summed E-state index contributed by atoms with van der Waals surface area (Å²) >= 11 is 0. The molecule has 0 fully saturated rings. The zero-order valence-corrected chi connectivity index (χ0v) is 17.8. The molecule has 1 aliphatic rings. The van der Waals surface area contributed by atoms with Crippen LogP contribution in [0.2, 0.25) is 0 Å². The van der Waals surface area contributed by atoms with E-state index in [1.807, 2.05) is 0 Å². The van der Waals surface area contributed by atoms with Crippen LogP contribution in [0.3, 0.4) is 0 Å². The maximum absolute atomic E-state index is 15.3. The highest BCUT2D eigenvalue weighted by molar-refractivity contribution is 5.68. The first-order valence-corrected chi connectivity index (χ1v) is 10.5. The molecular formula is C25H18F8O. The highest BCUT2D eigenvalue weighted by Crippen LogP contribution is 2.42. The predicted molar refractivity (Wildman–Crippen MR) is 109 cm³/mol. The van der Waals surface area contributed by atoms with E-state index < -0.39 is 52.7 Å². The molecule has 0 saturated carbocycles. The van der Waals surface area contributed by atoms with Gasteiger partial charge in [0.2, 0.25) is 0 Å². The zero-order chi connectivity index (χ0) is 24.8. The van der Waals surface area contributed by atoms with Gasteiger partial charge in [-0.15, -0.1) is 13.2 Å². The van der Waals surface area contributed by atoms with Crippen LogP contribution < -0.4 is 4.74 Å². The molecule has 0 bridgehead atoms. The van der Waals surface area contributed by atoms with Gasteiger partial charge >= 0.3 is 6.36 Å². The van der Waals surface area contributed by atoms with Crippen molar-refractivity contribution < 1.29 is 39.9 Å². The smallest absolute Gasteiger partial charge is 0.406 e. The number of hydrogen-bond donors (Lipinski definition) is 0. The standard InChI is InChI=1S/C25H18F8O/c1-2-12-9-18(26)20(19(27)10-12)14-5-8-16-17(11-14)23(29)24(30)21(22(16)28)13-3-6-15(7-4-13)34-25(31,32)33/h3-4,6-7,9-10,14H,2,5,8,11H2,1H3. The summed E-state index contributed by atoms with van der Waals surface area (Å²) in [5, 5.41) is 0. The molecular weight excluding hydrogens is 468 g/mol. The van der Waals surface area contributed by atoms with Crippen molar-refractivity contribution in [2.24, 2.45) is 0 Å². The Balaban J connectivity index is 1.71. The highest BCUT2D eigenvalue weighted by atomic mass is 19.4. The number of benzene rings is 3. The Kier molecular flexibility index (Phi) is 6.31. The maximum Gasteiger partial charge on any atom is 0.573 e. The third kappa shape index (κ3) is 4.48. The Bertz CT molecular complexity index is 1210. The van der Waals surface area contributed by atoms with Crippen LogP contribution in [-0.4, -0.2) is 6.36 Å². The van der Waals surface area contributed by atoms with E-state index >= 15 is 8.78 Å². The molecule has 4 rings (SSSR count). The van der Waals surface area contributed by atoms with E-state index in [4.69, 9.17) is 0 Å². The lowest BCUT2D eigenvalue weighted by atomic mass is 9.78. The first-order valence-electron chi connectivity index (χ1n) is 10.5. The molecule has 0 amide bonds. The van der Waals surface area contributed by atoms with Crippen molar-refractivity contribution in [2.75, 3.05) is 0 Å². The van der Waals surface area contributed by atoms with Crippen LogP contribution in [0.1, 0.15) is 41.5 Å². The van der Waals surface area contributed by atoms with E-state index in [-0.39, 0.29) is 41.5 Å². The summed E-state index contributed by atoms with van der Waals surface area (Å²) in [5.74, 6) is -6.91. The first kappa shape index (κ1) is 24.0. The molecule has 0 spiro atoms. The third-order valence-electron chi connectivity index (χ3n) is 6.05. The molecule has 0 radical (unpaired) electrons. The van der Waals surface area contributed by atoms with E-state index in [9.17, 15) is 26.3 Å². The van der Waals surface area contributed by atoms with Gasteiger partial charge in [0.15, 0.2) is 11.6 Å². The Morgan fingerprint density at radius 3 is 2.03 bits per heavy atom. The number of aryl methyl sites for hydroxylation is 1. The fourth-order valence-electron chi connectivity index (χ4n) is 4.45. The largest absolute Gasteiger partial charge is 0.573 e. The summed E-state index contributed by atoms with van der Waals surface area (Å²) in [6, 6.07) is 6.09. The summed E-state index contributed by atoms with van der Waals surface area (Å²) in [6.45, 7) is 1.74. The average molecular weight is 486 g/mol. The van der Waals surface area contributed by atoms with Gasteiger partial charge < -0.3 is 4.74 Å². The van der Waals surface area contributed by atoms with E-state index in [0.29, 0.717) is 12.0 Å². The van der Waals surface area contributed by atoms with Gasteiger partial charge in [-0.25, -0.2) is 22.0 Å². The quantitative estimate of drug-likeness (QED) is 0.270. The fourth-order valence-corrected chi connectivity index (χ4v) is 4.45. The summed E-state index contributed by atoms with van der Waals surface area (Å²) in [7, 11) is 0. The predicted octanol–water partition coefficient (Wildman–Crippen LogP) is 7.78. The van der Waals surface area contributed by atoms with Crippen molar-refractivity contribution >= 4 is 0 Å². The molecule has 1 unspecified atom stereocenters. The summed E-state index contributed by atoms with van der Waals surface area (Å²) in [5.41, 5.74) is -1.11. The first-order chi connectivity index (χ1) is 16.0. The Morgan fingerprint density at radius 2 is 1.47 bits per heavy atom. The van der Waals surface area contributed by atoms with E-state index in [0.717, 1.165) is 24.3 Å². The van der Waals surface area contributed by atoms with Gasteiger partial charge in [0.25, 0.3) is 0 Å². The van der Waals surface area contributed by atoms with Crippen molar-refractivity contribution in [3.05, 3.63) is 87.7 Å². The van der Waals surface area contributed by atoms with Crippen LogP contribution in [0, 0.1) is 29.1 Å². The van der Waals surface area contributed by atoms with Crippen molar-refractivity contribution in [2.45, 2.75) is 44.9 Å². The lowest BCUT2D eigenvalue weighted by molar-refractivity contribution is -0.274. The molecule has 0 aliphatic heterocycles. The molecule has 180 valence electrons. The Labute approximate surface area is 190 Å². The number of rotatable bonds is 4. The number of ether oxygens (including phenoxy) is 1. The minimum absolute atomic E-state index is 0.0975. The maximum atomic E-state index is 15.3. The minimum atomic E-state index is -4.94. The van der Waals surface area contributed by atoms with Gasteiger partial charge in [-0.2, -0.15) is 0 Å². The monoisotopic (exact) mass is 486 g/mol. The lowest BCUT2D eigenvalue weighted by Crippen LogP contribution is -2.20. The van der Waals surface area contributed by atoms with Gasteiger partial charge in [-0.3, -0.25) is 0 Å². The third-order valence-corrected chi connectivity index (χ3v) is 6.05. The average Bonchev–Trinajstić information content (AvgIpc) is 2.77. The van der Waals surface area contributed by atoms with E-state index in [1.165, 1.54) is 12.1 Å². The number of hydrogen-bond acceptors (Lipinski definition) is 1. The summed E-state index contributed by atoms with van der Waals surface area (Å²) in [4.78, 5) is 0. The second-order valence-electron chi connectivity index (χ2n) is 8.11. The van der Waals surface area contributed by atoms with Gasteiger partial charge in [-0.05, 0) is 78.1 Å². The Morgan fingerprint density at radius 1 is 0.853 bits per heavy atom. The van der Waals surface area contributed by atoms with Gasteiger partial charge in [0.1, 0.15) is 23.2 Å². The van der Waals surface area contributed by atoms with Crippen molar-refractivity contribution in [1.29, 1.82) is 0 Å². The van der Waals surface area contributed by atoms with Crippen LogP contribution in [0.5, 0.6) is 5.75 Å². The molecule has 34 heavy (non-hydrogen) atoms. The number of alkyl halides is 3. The zero-order valence-electron chi connectivity index (χ0n) is 17.8. The summed E-state index contributed by atoms with van der Waals surface area (Å²) in [6.07, 6.45) is -4.82. The van der Waals surface area contributed by atoms with E-state index in [2.05, 4.69) is 4.74 Å². The Hall–Kier alpha value is -3.10. The lowest BCUT2D eigenvalue weighted by Gasteiger charge is -2.28. The molecule has 3 aromatic rings. The molecule has 3 aromatic carbocycles. The van der Waals surface area contributed by atoms with Crippen molar-refractivity contribution in [1.82, 2.24) is 0 Å².